The number of carbonyl (C=O) groups is 3. The van der Waals surface area contributed by atoms with E-state index < -0.39 is 0 Å². The molecule has 18 heavy (non-hydrogen) atoms. The minimum Gasteiger partial charge on any atom is -0.353 e. The quantitative estimate of drug-likeness (QED) is 0.741. The van der Waals surface area contributed by atoms with Gasteiger partial charge in [0.25, 0.3) is 0 Å². The molecule has 0 aromatic carbocycles. The molecule has 1 saturated carbocycles. The Labute approximate surface area is 107 Å². The van der Waals surface area contributed by atoms with Gasteiger partial charge >= 0.3 is 0 Å². The zero-order valence-corrected chi connectivity index (χ0v) is 10.6. The lowest BCUT2D eigenvalue weighted by atomic mass is 10.2. The van der Waals surface area contributed by atoms with Crippen LogP contribution in [0.3, 0.4) is 0 Å². The molecule has 5 nitrogen and oxygen atoms in total. The first-order chi connectivity index (χ1) is 8.66. The van der Waals surface area contributed by atoms with Gasteiger partial charge in [0.05, 0.1) is 0 Å². The van der Waals surface area contributed by atoms with Crippen LogP contribution in [0.2, 0.25) is 0 Å². The van der Waals surface area contributed by atoms with Crippen LogP contribution in [0.5, 0.6) is 0 Å². The van der Waals surface area contributed by atoms with Gasteiger partial charge in [-0.05, 0) is 19.3 Å². The lowest BCUT2D eigenvalue weighted by Gasteiger charge is -2.14. The number of nitrogens with zero attached hydrogens (tertiary/aromatic N) is 1. The molecule has 1 heterocycles. The Balaban J connectivity index is 1.64. The topological polar surface area (TPSA) is 66.5 Å². The van der Waals surface area contributed by atoms with Crippen molar-refractivity contribution < 1.29 is 14.4 Å². The summed E-state index contributed by atoms with van der Waals surface area (Å²) in [7, 11) is 0. The number of rotatable bonds is 5. The first-order valence-corrected chi connectivity index (χ1v) is 6.79. The Hall–Kier alpha value is -1.39. The second kappa shape index (κ2) is 5.98. The van der Waals surface area contributed by atoms with Crippen molar-refractivity contribution in [2.45, 2.75) is 57.4 Å². The number of hydrogen-bond donors (Lipinski definition) is 1. The SMILES string of the molecule is O=C(CCCN1C(=O)CCC1=O)NC1CCCC1. The largest absolute Gasteiger partial charge is 0.353 e. The second-order valence-corrected chi connectivity index (χ2v) is 5.09. The van der Waals surface area contributed by atoms with E-state index in [4.69, 9.17) is 0 Å². The van der Waals surface area contributed by atoms with Crippen LogP contribution in [0.25, 0.3) is 0 Å². The van der Waals surface area contributed by atoms with E-state index in [2.05, 4.69) is 5.32 Å². The molecule has 1 N–H and O–H groups in total. The summed E-state index contributed by atoms with van der Waals surface area (Å²) >= 11 is 0. The third-order valence-electron chi connectivity index (χ3n) is 3.66. The molecule has 3 amide bonds. The number of amides is 3. The van der Waals surface area contributed by atoms with Crippen LogP contribution in [-0.2, 0) is 14.4 Å². The number of imide groups is 1. The molecule has 1 saturated heterocycles. The van der Waals surface area contributed by atoms with E-state index in [-0.39, 0.29) is 17.7 Å². The summed E-state index contributed by atoms with van der Waals surface area (Å²) in [5.74, 6) is -0.159. The molecule has 1 aliphatic heterocycles. The zero-order chi connectivity index (χ0) is 13.0. The molecule has 0 aromatic rings. The summed E-state index contributed by atoms with van der Waals surface area (Å²) in [6, 6.07) is 0.340. The maximum atomic E-state index is 11.6. The van der Waals surface area contributed by atoms with Crippen molar-refractivity contribution in [1.82, 2.24) is 10.2 Å². The predicted octanol–water partition coefficient (Wildman–Crippen LogP) is 0.974. The van der Waals surface area contributed by atoms with Gasteiger partial charge in [-0.1, -0.05) is 12.8 Å². The molecule has 0 bridgehead atoms. The number of nitrogens with one attached hydrogen (secondary N) is 1. The Bertz CT molecular complexity index is 332. The number of carbonyl (C=O) groups excluding carboxylic acids is 3. The monoisotopic (exact) mass is 252 g/mol. The summed E-state index contributed by atoms with van der Waals surface area (Å²) in [6.07, 6.45) is 6.16. The van der Waals surface area contributed by atoms with Crippen molar-refractivity contribution >= 4 is 17.7 Å². The average Bonchev–Trinajstić information content (AvgIpc) is 2.93. The van der Waals surface area contributed by atoms with Gasteiger partial charge in [-0.25, -0.2) is 0 Å². The molecule has 2 rings (SSSR count). The third-order valence-corrected chi connectivity index (χ3v) is 3.66. The fraction of sp³-hybridized carbons (Fsp3) is 0.769. The highest BCUT2D eigenvalue weighted by Crippen LogP contribution is 2.18. The van der Waals surface area contributed by atoms with Crippen LogP contribution in [0, 0.1) is 0 Å². The number of likely N-dealkylation sites (tertiary alicyclic amines) is 1. The fourth-order valence-corrected chi connectivity index (χ4v) is 2.64. The zero-order valence-electron chi connectivity index (χ0n) is 10.6. The van der Waals surface area contributed by atoms with Gasteiger partial charge in [0, 0.05) is 31.8 Å². The molecular formula is C13H20N2O3. The van der Waals surface area contributed by atoms with Crippen molar-refractivity contribution in [3.05, 3.63) is 0 Å². The van der Waals surface area contributed by atoms with Gasteiger partial charge in [0.1, 0.15) is 0 Å². The highest BCUT2D eigenvalue weighted by Gasteiger charge is 2.28. The molecule has 0 aromatic heterocycles. The maximum Gasteiger partial charge on any atom is 0.229 e. The van der Waals surface area contributed by atoms with Crippen LogP contribution in [-0.4, -0.2) is 35.2 Å². The molecule has 0 radical (unpaired) electrons. The minimum absolute atomic E-state index is 0.0426. The van der Waals surface area contributed by atoms with Gasteiger partial charge < -0.3 is 5.32 Å². The fourth-order valence-electron chi connectivity index (χ4n) is 2.64. The van der Waals surface area contributed by atoms with Crippen LogP contribution < -0.4 is 5.32 Å². The van der Waals surface area contributed by atoms with E-state index >= 15 is 0 Å². The normalized spacial score (nSPS) is 20.8. The highest BCUT2D eigenvalue weighted by molar-refractivity contribution is 6.01. The lowest BCUT2D eigenvalue weighted by molar-refractivity contribution is -0.138. The molecule has 0 unspecified atom stereocenters. The summed E-state index contributed by atoms with van der Waals surface area (Å²) in [6.45, 7) is 0.385. The molecule has 2 fully saturated rings. The molecule has 0 spiro atoms. The van der Waals surface area contributed by atoms with E-state index in [1.807, 2.05) is 0 Å². The van der Waals surface area contributed by atoms with E-state index in [9.17, 15) is 14.4 Å². The van der Waals surface area contributed by atoms with Crippen molar-refractivity contribution in [3.8, 4) is 0 Å². The first kappa shape index (κ1) is 13.1. The molecule has 1 aliphatic carbocycles. The van der Waals surface area contributed by atoms with Gasteiger partial charge in [0.2, 0.25) is 17.7 Å². The maximum absolute atomic E-state index is 11.6. The second-order valence-electron chi connectivity index (χ2n) is 5.09. The smallest absolute Gasteiger partial charge is 0.229 e. The van der Waals surface area contributed by atoms with E-state index in [1.54, 1.807) is 0 Å². The minimum atomic E-state index is -0.101. The lowest BCUT2D eigenvalue weighted by Crippen LogP contribution is -2.34. The highest BCUT2D eigenvalue weighted by atomic mass is 16.2. The van der Waals surface area contributed by atoms with E-state index in [1.165, 1.54) is 17.7 Å². The Kier molecular flexibility index (Phi) is 4.33. The van der Waals surface area contributed by atoms with Crippen molar-refractivity contribution in [2.75, 3.05) is 6.54 Å². The van der Waals surface area contributed by atoms with Crippen molar-refractivity contribution in [2.24, 2.45) is 0 Å². The molecule has 0 atom stereocenters. The standard InChI is InChI=1S/C13H20N2O3/c16-11(14-10-4-1-2-5-10)6-3-9-15-12(17)7-8-13(15)18/h10H,1-9H2,(H,14,16). The van der Waals surface area contributed by atoms with Gasteiger partial charge in [-0.15, -0.1) is 0 Å². The van der Waals surface area contributed by atoms with Gasteiger partial charge in [0.15, 0.2) is 0 Å². The van der Waals surface area contributed by atoms with Gasteiger partial charge in [-0.3, -0.25) is 19.3 Å². The number of hydrogen-bond acceptors (Lipinski definition) is 3. The first-order valence-electron chi connectivity index (χ1n) is 6.79. The van der Waals surface area contributed by atoms with Crippen LogP contribution >= 0.6 is 0 Å². The van der Waals surface area contributed by atoms with Crippen LogP contribution in [0.15, 0.2) is 0 Å². The van der Waals surface area contributed by atoms with Crippen LogP contribution in [0.4, 0.5) is 0 Å². The Morgan fingerprint density at radius 2 is 1.78 bits per heavy atom. The molecule has 5 heteroatoms. The molecule has 2 aliphatic rings. The van der Waals surface area contributed by atoms with E-state index in [0.29, 0.717) is 38.3 Å². The summed E-state index contributed by atoms with van der Waals surface area (Å²) in [5, 5.41) is 3.00. The van der Waals surface area contributed by atoms with Crippen LogP contribution in [0.1, 0.15) is 51.4 Å². The Morgan fingerprint density at radius 1 is 1.17 bits per heavy atom. The van der Waals surface area contributed by atoms with Crippen molar-refractivity contribution in [3.63, 3.8) is 0 Å². The predicted molar refractivity (Wildman–Crippen MR) is 65.6 cm³/mol. The summed E-state index contributed by atoms with van der Waals surface area (Å²) in [5.41, 5.74) is 0. The molecular weight excluding hydrogens is 232 g/mol. The van der Waals surface area contributed by atoms with E-state index in [0.717, 1.165) is 12.8 Å². The van der Waals surface area contributed by atoms with Crippen molar-refractivity contribution in [1.29, 1.82) is 0 Å². The third kappa shape index (κ3) is 3.31. The summed E-state index contributed by atoms with van der Waals surface area (Å²) in [4.78, 5) is 35.6. The Morgan fingerprint density at radius 3 is 2.39 bits per heavy atom. The van der Waals surface area contributed by atoms with Gasteiger partial charge in [-0.2, -0.15) is 0 Å². The summed E-state index contributed by atoms with van der Waals surface area (Å²) < 4.78 is 0. The average molecular weight is 252 g/mol. The molecule has 100 valence electrons.